The normalized spacial score (nSPS) is 11.6. The summed E-state index contributed by atoms with van der Waals surface area (Å²) < 4.78 is 1.57. The summed E-state index contributed by atoms with van der Waals surface area (Å²) in [4.78, 5) is 48.9. The third kappa shape index (κ3) is 4.70. The Kier molecular flexibility index (Phi) is 6.08. The molecule has 3 rings (SSSR count). The number of carbonyl (C=O) groups is 3. The molecule has 0 aromatic carbocycles. The Morgan fingerprint density at radius 2 is 1.86 bits per heavy atom. The van der Waals surface area contributed by atoms with Gasteiger partial charge in [-0.3, -0.25) is 23.9 Å². The lowest BCUT2D eigenvalue weighted by molar-refractivity contribution is -0.137. The van der Waals surface area contributed by atoms with E-state index >= 15 is 0 Å². The number of primary amides is 1. The third-order valence-electron chi connectivity index (χ3n) is 4.38. The maximum atomic E-state index is 12.9. The van der Waals surface area contributed by atoms with Crippen LogP contribution in [0.2, 0.25) is 0 Å². The number of hydrogen-bond donors (Lipinski definition) is 2. The van der Waals surface area contributed by atoms with Gasteiger partial charge in [-0.1, -0.05) is 6.07 Å². The molecule has 0 spiro atoms. The van der Waals surface area contributed by atoms with Crippen molar-refractivity contribution in [1.29, 1.82) is 0 Å². The highest BCUT2D eigenvalue weighted by atomic mass is 16.2. The van der Waals surface area contributed by atoms with Crippen LogP contribution in [-0.2, 0) is 16.0 Å². The minimum Gasteiger partial charge on any atom is -0.363 e. The van der Waals surface area contributed by atoms with Crippen molar-refractivity contribution in [2.45, 2.75) is 25.8 Å². The predicted molar refractivity (Wildman–Crippen MR) is 104 cm³/mol. The van der Waals surface area contributed by atoms with Crippen molar-refractivity contribution in [3.8, 4) is 5.82 Å². The minimum atomic E-state index is -1.10. The van der Waals surface area contributed by atoms with Crippen LogP contribution in [0, 0.1) is 6.92 Å². The van der Waals surface area contributed by atoms with Crippen molar-refractivity contribution >= 4 is 17.6 Å². The van der Waals surface area contributed by atoms with Crippen molar-refractivity contribution < 1.29 is 14.4 Å². The lowest BCUT2D eigenvalue weighted by Gasteiger charge is -2.17. The highest BCUT2D eigenvalue weighted by molar-refractivity contribution is 6.38. The molecule has 3 heterocycles. The zero-order chi connectivity index (χ0) is 20.8. The number of carbonyl (C=O) groups excluding carboxylic acids is 3. The molecule has 0 fully saturated rings. The van der Waals surface area contributed by atoms with Gasteiger partial charge < -0.3 is 11.1 Å². The molecule has 0 aliphatic carbocycles. The summed E-state index contributed by atoms with van der Waals surface area (Å²) in [6, 6.07) is 7.83. The number of ketones is 1. The van der Waals surface area contributed by atoms with E-state index in [9.17, 15) is 14.4 Å². The Balaban J connectivity index is 1.82. The van der Waals surface area contributed by atoms with Crippen molar-refractivity contribution in [3.05, 3.63) is 72.2 Å². The molecule has 0 aliphatic heterocycles. The Bertz CT molecular complexity index is 1020. The largest absolute Gasteiger partial charge is 0.363 e. The number of Topliss-reactive ketones (excluding diaryl/α,β-unsaturated/α-hetero) is 1. The maximum Gasteiger partial charge on any atom is 0.287 e. The van der Waals surface area contributed by atoms with Gasteiger partial charge in [-0.2, -0.15) is 0 Å². The first-order valence-electron chi connectivity index (χ1n) is 8.96. The SMILES string of the molecule is Cc1ncc(C(=O)NC(CCc2ccncc2)C(=O)C(N)=O)n1-c1ccccn1. The van der Waals surface area contributed by atoms with E-state index < -0.39 is 23.6 Å². The number of amides is 2. The second-order valence-electron chi connectivity index (χ2n) is 6.36. The molecule has 3 N–H and O–H groups in total. The smallest absolute Gasteiger partial charge is 0.287 e. The molecule has 3 aromatic rings. The van der Waals surface area contributed by atoms with Gasteiger partial charge in [0.2, 0.25) is 5.78 Å². The Morgan fingerprint density at radius 1 is 1.10 bits per heavy atom. The molecule has 0 saturated heterocycles. The summed E-state index contributed by atoms with van der Waals surface area (Å²) in [5, 5.41) is 2.61. The summed E-state index contributed by atoms with van der Waals surface area (Å²) in [6.45, 7) is 1.74. The number of nitrogens with one attached hydrogen (secondary N) is 1. The van der Waals surface area contributed by atoms with Crippen LogP contribution >= 0.6 is 0 Å². The van der Waals surface area contributed by atoms with Crippen LogP contribution in [-0.4, -0.2) is 43.2 Å². The maximum absolute atomic E-state index is 12.9. The minimum absolute atomic E-state index is 0.201. The fourth-order valence-corrected chi connectivity index (χ4v) is 2.91. The number of imidazole rings is 1. The molecular formula is C20H20N6O3. The zero-order valence-electron chi connectivity index (χ0n) is 15.8. The fourth-order valence-electron chi connectivity index (χ4n) is 2.91. The van der Waals surface area contributed by atoms with Crippen LogP contribution in [0.5, 0.6) is 0 Å². The van der Waals surface area contributed by atoms with E-state index in [-0.39, 0.29) is 12.1 Å². The average Bonchev–Trinajstić information content (AvgIpc) is 3.13. The average molecular weight is 392 g/mol. The van der Waals surface area contributed by atoms with Crippen LogP contribution < -0.4 is 11.1 Å². The highest BCUT2D eigenvalue weighted by Crippen LogP contribution is 2.13. The lowest BCUT2D eigenvalue weighted by Crippen LogP contribution is -2.46. The Morgan fingerprint density at radius 3 is 2.52 bits per heavy atom. The molecule has 148 valence electrons. The van der Waals surface area contributed by atoms with E-state index in [2.05, 4.69) is 20.3 Å². The van der Waals surface area contributed by atoms with E-state index in [1.54, 1.807) is 60.4 Å². The van der Waals surface area contributed by atoms with Crippen LogP contribution in [0.1, 0.15) is 28.3 Å². The molecule has 9 heteroatoms. The molecule has 0 bridgehead atoms. The summed E-state index contributed by atoms with van der Waals surface area (Å²) in [6.07, 6.45) is 6.94. The number of nitrogens with two attached hydrogens (primary N) is 1. The number of aryl methyl sites for hydroxylation is 2. The number of pyridine rings is 2. The zero-order valence-corrected chi connectivity index (χ0v) is 15.8. The number of nitrogens with zero attached hydrogens (tertiary/aromatic N) is 4. The fraction of sp³-hybridized carbons (Fsp3) is 0.200. The van der Waals surface area contributed by atoms with Gasteiger partial charge in [-0.05, 0) is 49.6 Å². The van der Waals surface area contributed by atoms with Crippen LogP contribution in [0.15, 0.2) is 55.1 Å². The van der Waals surface area contributed by atoms with Gasteiger partial charge in [0.25, 0.3) is 11.8 Å². The van der Waals surface area contributed by atoms with E-state index in [4.69, 9.17) is 5.73 Å². The Hall–Kier alpha value is -3.88. The van der Waals surface area contributed by atoms with Crippen LogP contribution in [0.25, 0.3) is 5.82 Å². The van der Waals surface area contributed by atoms with Gasteiger partial charge >= 0.3 is 0 Å². The Labute approximate surface area is 167 Å². The lowest BCUT2D eigenvalue weighted by atomic mass is 10.0. The quantitative estimate of drug-likeness (QED) is 0.544. The third-order valence-corrected chi connectivity index (χ3v) is 4.38. The molecule has 2 amide bonds. The summed E-state index contributed by atoms with van der Waals surface area (Å²) in [7, 11) is 0. The van der Waals surface area contributed by atoms with Crippen LogP contribution in [0.4, 0.5) is 0 Å². The summed E-state index contributed by atoms with van der Waals surface area (Å²) in [5.41, 5.74) is 6.29. The molecule has 0 radical (unpaired) electrons. The van der Waals surface area contributed by atoms with E-state index in [0.29, 0.717) is 18.1 Å². The summed E-state index contributed by atoms with van der Waals surface area (Å²) >= 11 is 0. The van der Waals surface area contributed by atoms with Crippen molar-refractivity contribution in [2.75, 3.05) is 0 Å². The number of rotatable bonds is 8. The topological polar surface area (TPSA) is 133 Å². The van der Waals surface area contributed by atoms with Gasteiger partial charge in [0.15, 0.2) is 0 Å². The first-order chi connectivity index (χ1) is 14.0. The van der Waals surface area contributed by atoms with Gasteiger partial charge in [-0.25, -0.2) is 9.97 Å². The molecule has 29 heavy (non-hydrogen) atoms. The van der Waals surface area contributed by atoms with E-state index in [1.807, 2.05) is 0 Å². The van der Waals surface area contributed by atoms with Gasteiger partial charge in [-0.15, -0.1) is 0 Å². The monoisotopic (exact) mass is 392 g/mol. The van der Waals surface area contributed by atoms with Crippen molar-refractivity contribution in [1.82, 2.24) is 24.8 Å². The predicted octanol–water partition coefficient (Wildman–Crippen LogP) is 0.756. The second kappa shape index (κ2) is 8.87. The van der Waals surface area contributed by atoms with Crippen molar-refractivity contribution in [3.63, 3.8) is 0 Å². The molecule has 1 unspecified atom stereocenters. The van der Waals surface area contributed by atoms with Gasteiger partial charge in [0.1, 0.15) is 17.3 Å². The van der Waals surface area contributed by atoms with Crippen LogP contribution in [0.3, 0.4) is 0 Å². The standard InChI is InChI=1S/C20H20N6O3/c1-13-24-12-16(26(13)17-4-2-3-9-23-17)20(29)25-15(18(27)19(21)28)6-5-14-7-10-22-11-8-14/h2-4,7-12,15H,5-6H2,1H3,(H2,21,28)(H,25,29). The molecule has 1 atom stereocenters. The first kappa shape index (κ1) is 19.9. The van der Waals surface area contributed by atoms with E-state index in [1.165, 1.54) is 6.20 Å². The molecular weight excluding hydrogens is 372 g/mol. The molecule has 9 nitrogen and oxygen atoms in total. The van der Waals surface area contributed by atoms with E-state index in [0.717, 1.165) is 5.56 Å². The van der Waals surface area contributed by atoms with Gasteiger partial charge in [0.05, 0.1) is 12.2 Å². The number of aromatic nitrogens is 4. The number of hydrogen-bond acceptors (Lipinski definition) is 6. The second-order valence-corrected chi connectivity index (χ2v) is 6.36. The molecule has 0 aliphatic rings. The summed E-state index contributed by atoms with van der Waals surface area (Å²) in [5.74, 6) is -1.43. The molecule has 0 saturated carbocycles. The van der Waals surface area contributed by atoms with Crippen molar-refractivity contribution in [2.24, 2.45) is 5.73 Å². The molecule has 3 aromatic heterocycles. The highest BCUT2D eigenvalue weighted by Gasteiger charge is 2.27. The van der Waals surface area contributed by atoms with Gasteiger partial charge in [0, 0.05) is 18.6 Å². The first-order valence-corrected chi connectivity index (χ1v) is 8.96.